The van der Waals surface area contributed by atoms with E-state index in [0.717, 1.165) is 12.5 Å². The number of ether oxygens (including phenoxy) is 1. The predicted molar refractivity (Wildman–Crippen MR) is 111 cm³/mol. The zero-order valence-electron chi connectivity index (χ0n) is 15.3. The molecule has 0 aromatic heterocycles. The highest BCUT2D eigenvalue weighted by Crippen LogP contribution is 2.33. The molecule has 11 heteroatoms. The Bertz CT molecular complexity index is 1040. The van der Waals surface area contributed by atoms with E-state index < -0.39 is 32.1 Å². The van der Waals surface area contributed by atoms with Crippen LogP contribution in [-0.4, -0.2) is 42.4 Å². The van der Waals surface area contributed by atoms with Crippen LogP contribution in [0.3, 0.4) is 0 Å². The number of amides is 1. The van der Waals surface area contributed by atoms with Gasteiger partial charge in [-0.2, -0.15) is 3.71 Å². The first-order valence-corrected chi connectivity index (χ1v) is 12.3. The van der Waals surface area contributed by atoms with E-state index in [1.807, 2.05) is 6.07 Å². The van der Waals surface area contributed by atoms with E-state index in [1.54, 1.807) is 24.3 Å². The van der Waals surface area contributed by atoms with Gasteiger partial charge in [-0.15, -0.1) is 0 Å². The molecule has 0 aliphatic heterocycles. The van der Waals surface area contributed by atoms with Gasteiger partial charge >= 0.3 is 0 Å². The molecule has 1 unspecified atom stereocenters. The van der Waals surface area contributed by atoms with Crippen molar-refractivity contribution >= 4 is 53.3 Å². The summed E-state index contributed by atoms with van der Waals surface area (Å²) in [6.07, 6.45) is 0.738. The van der Waals surface area contributed by atoms with Crippen LogP contribution < -0.4 is 9.03 Å². The van der Waals surface area contributed by atoms with Crippen molar-refractivity contribution in [3.63, 3.8) is 0 Å². The van der Waals surface area contributed by atoms with Gasteiger partial charge in [-0.05, 0) is 39.7 Å². The van der Waals surface area contributed by atoms with Crippen molar-refractivity contribution in [1.29, 1.82) is 0 Å². The zero-order chi connectivity index (χ0) is 21.1. The standard InChI is InChI=1S/C17H19BrN2O6S2/c1-26-16(12-7-5-4-6-8-12)17(21)19-13-9-10-15(14(18)11-13)20(27(2,22)23)28(3,24)25/h4-11,16H,1-3H3,(H,19,21). The van der Waals surface area contributed by atoms with Crippen molar-refractivity contribution in [1.82, 2.24) is 0 Å². The summed E-state index contributed by atoms with van der Waals surface area (Å²) in [6, 6.07) is 13.0. The molecule has 0 heterocycles. The maximum absolute atomic E-state index is 12.5. The van der Waals surface area contributed by atoms with E-state index in [0.29, 0.717) is 15.0 Å². The molecule has 8 nitrogen and oxygen atoms in total. The summed E-state index contributed by atoms with van der Waals surface area (Å²) >= 11 is 3.17. The number of carbonyl (C=O) groups is 1. The van der Waals surface area contributed by atoms with Crippen molar-refractivity contribution in [2.75, 3.05) is 28.6 Å². The van der Waals surface area contributed by atoms with Crippen LogP contribution in [0.15, 0.2) is 53.0 Å². The maximum atomic E-state index is 12.5. The topological polar surface area (TPSA) is 110 Å². The first-order valence-electron chi connectivity index (χ1n) is 7.84. The smallest absolute Gasteiger partial charge is 0.258 e. The lowest BCUT2D eigenvalue weighted by molar-refractivity contribution is -0.126. The van der Waals surface area contributed by atoms with Gasteiger partial charge in [0.05, 0.1) is 18.2 Å². The molecule has 0 bridgehead atoms. The molecule has 0 aliphatic carbocycles. The number of methoxy groups -OCH3 is 1. The number of halogens is 1. The Morgan fingerprint density at radius 2 is 1.61 bits per heavy atom. The second-order valence-electron chi connectivity index (χ2n) is 5.91. The number of rotatable bonds is 7. The predicted octanol–water partition coefficient (Wildman–Crippen LogP) is 2.50. The van der Waals surface area contributed by atoms with Crippen molar-refractivity contribution in [2.45, 2.75) is 6.10 Å². The van der Waals surface area contributed by atoms with Crippen molar-refractivity contribution in [3.8, 4) is 0 Å². The Hall–Kier alpha value is -1.95. The Morgan fingerprint density at radius 1 is 1.04 bits per heavy atom. The minimum Gasteiger partial charge on any atom is -0.367 e. The van der Waals surface area contributed by atoms with Crippen LogP contribution in [0.1, 0.15) is 11.7 Å². The number of hydrogen-bond acceptors (Lipinski definition) is 6. The van der Waals surface area contributed by atoms with E-state index in [9.17, 15) is 21.6 Å². The van der Waals surface area contributed by atoms with Gasteiger partial charge in [0.15, 0.2) is 6.10 Å². The van der Waals surface area contributed by atoms with E-state index >= 15 is 0 Å². The summed E-state index contributed by atoms with van der Waals surface area (Å²) in [6.45, 7) is 0. The summed E-state index contributed by atoms with van der Waals surface area (Å²) in [5.41, 5.74) is 0.911. The van der Waals surface area contributed by atoms with E-state index in [2.05, 4.69) is 21.2 Å². The average Bonchev–Trinajstić information content (AvgIpc) is 2.56. The van der Waals surface area contributed by atoms with Crippen LogP contribution in [0.5, 0.6) is 0 Å². The van der Waals surface area contributed by atoms with Gasteiger partial charge in [0, 0.05) is 17.3 Å². The van der Waals surface area contributed by atoms with Gasteiger partial charge in [-0.3, -0.25) is 4.79 Å². The molecule has 1 N–H and O–H groups in total. The van der Waals surface area contributed by atoms with Gasteiger partial charge in [0.1, 0.15) is 0 Å². The number of nitrogens with zero attached hydrogens (tertiary/aromatic N) is 1. The molecule has 0 spiro atoms. The number of benzene rings is 2. The summed E-state index contributed by atoms with van der Waals surface area (Å²) < 4.78 is 53.4. The van der Waals surface area contributed by atoms with Gasteiger partial charge < -0.3 is 10.1 Å². The van der Waals surface area contributed by atoms with Crippen LogP contribution >= 0.6 is 15.9 Å². The van der Waals surface area contributed by atoms with Crippen LogP contribution in [0.2, 0.25) is 0 Å². The van der Waals surface area contributed by atoms with E-state index in [1.165, 1.54) is 25.3 Å². The first-order chi connectivity index (χ1) is 12.9. The molecule has 1 amide bonds. The molecule has 2 aromatic carbocycles. The normalized spacial score (nSPS) is 13.0. The summed E-state index contributed by atoms with van der Waals surface area (Å²) in [5, 5.41) is 2.66. The molecule has 0 fully saturated rings. The van der Waals surface area contributed by atoms with E-state index in [-0.39, 0.29) is 10.2 Å². The monoisotopic (exact) mass is 490 g/mol. The molecular weight excluding hydrogens is 472 g/mol. The molecule has 0 radical (unpaired) electrons. The van der Waals surface area contributed by atoms with Crippen molar-refractivity contribution < 1.29 is 26.4 Å². The fourth-order valence-electron chi connectivity index (χ4n) is 2.57. The molecule has 0 saturated heterocycles. The third-order valence-electron chi connectivity index (χ3n) is 3.59. The fraction of sp³-hybridized carbons (Fsp3) is 0.235. The molecular formula is C17H19BrN2O6S2. The Labute approximate surface area is 172 Å². The van der Waals surface area contributed by atoms with Gasteiger partial charge in [-0.25, -0.2) is 16.8 Å². The van der Waals surface area contributed by atoms with Gasteiger partial charge in [0.2, 0.25) is 20.0 Å². The highest BCUT2D eigenvalue weighted by molar-refractivity contribution is 9.10. The van der Waals surface area contributed by atoms with Crippen LogP contribution in [0.25, 0.3) is 0 Å². The Balaban J connectivity index is 2.33. The molecule has 1 atom stereocenters. The minimum absolute atomic E-state index is 0.0886. The number of sulfonamides is 2. The molecule has 2 rings (SSSR count). The number of anilines is 2. The summed E-state index contributed by atoms with van der Waals surface area (Å²) in [7, 11) is -6.75. The zero-order valence-corrected chi connectivity index (χ0v) is 18.5. The number of carbonyl (C=O) groups excluding carboxylic acids is 1. The minimum atomic E-state index is -4.08. The van der Waals surface area contributed by atoms with Crippen molar-refractivity contribution in [2.24, 2.45) is 0 Å². The molecule has 152 valence electrons. The fourth-order valence-corrected chi connectivity index (χ4v) is 6.36. The molecule has 0 aliphatic rings. The summed E-state index contributed by atoms with van der Waals surface area (Å²) in [5.74, 6) is -0.434. The first kappa shape index (κ1) is 22.3. The molecule has 0 saturated carbocycles. The highest BCUT2D eigenvalue weighted by Gasteiger charge is 2.29. The second kappa shape index (κ2) is 8.60. The van der Waals surface area contributed by atoms with Crippen LogP contribution in [0.4, 0.5) is 11.4 Å². The Morgan fingerprint density at radius 3 is 2.07 bits per heavy atom. The Kier molecular flexibility index (Phi) is 6.86. The SMILES string of the molecule is COC(C(=O)Nc1ccc(N(S(C)(=O)=O)S(C)(=O)=O)c(Br)c1)c1ccccc1. The lowest BCUT2D eigenvalue weighted by Crippen LogP contribution is -2.35. The molecule has 28 heavy (non-hydrogen) atoms. The van der Waals surface area contributed by atoms with Gasteiger partial charge in [0.25, 0.3) is 5.91 Å². The molecule has 2 aromatic rings. The van der Waals surface area contributed by atoms with Crippen LogP contribution in [-0.2, 0) is 29.6 Å². The maximum Gasteiger partial charge on any atom is 0.258 e. The lowest BCUT2D eigenvalue weighted by Gasteiger charge is -2.22. The summed E-state index contributed by atoms with van der Waals surface area (Å²) in [4.78, 5) is 12.5. The average molecular weight is 491 g/mol. The number of hydrogen-bond donors (Lipinski definition) is 1. The lowest BCUT2D eigenvalue weighted by atomic mass is 10.1. The highest BCUT2D eigenvalue weighted by atomic mass is 79.9. The quantitative estimate of drug-likeness (QED) is 0.638. The second-order valence-corrected chi connectivity index (χ2v) is 10.7. The third-order valence-corrected chi connectivity index (χ3v) is 7.45. The number of nitrogens with one attached hydrogen (secondary N) is 1. The van der Waals surface area contributed by atoms with Crippen LogP contribution in [0, 0.1) is 0 Å². The van der Waals surface area contributed by atoms with Crippen molar-refractivity contribution in [3.05, 3.63) is 58.6 Å². The van der Waals surface area contributed by atoms with E-state index in [4.69, 9.17) is 4.74 Å². The van der Waals surface area contributed by atoms with Gasteiger partial charge in [-0.1, -0.05) is 30.3 Å². The largest absolute Gasteiger partial charge is 0.367 e. The third kappa shape index (κ3) is 5.31.